The van der Waals surface area contributed by atoms with Crippen LogP contribution in [0.15, 0.2) is 52.1 Å². The molecule has 0 radical (unpaired) electrons. The minimum Gasteiger partial charge on any atom is -0.347 e. The van der Waals surface area contributed by atoms with E-state index in [-0.39, 0.29) is 24.4 Å². The Labute approximate surface area is 127 Å². The summed E-state index contributed by atoms with van der Waals surface area (Å²) in [6, 6.07) is 11.8. The highest BCUT2D eigenvalue weighted by molar-refractivity contribution is 5.76. The topological polar surface area (TPSA) is 84.0 Å². The van der Waals surface area contributed by atoms with Crippen molar-refractivity contribution in [2.45, 2.75) is 26.4 Å². The molecule has 6 heteroatoms. The van der Waals surface area contributed by atoms with Gasteiger partial charge in [-0.1, -0.05) is 44.2 Å². The number of hydrogen-bond acceptors (Lipinski definition) is 3. The van der Waals surface area contributed by atoms with Crippen LogP contribution in [0.1, 0.15) is 25.5 Å². The first kappa shape index (κ1) is 15.8. The molecule has 2 aromatic rings. The van der Waals surface area contributed by atoms with Gasteiger partial charge < -0.3 is 5.32 Å². The number of aromatic nitrogens is 2. The first-order valence-corrected chi connectivity index (χ1v) is 7.12. The zero-order chi connectivity index (χ0) is 16.1. The summed E-state index contributed by atoms with van der Waals surface area (Å²) in [6.07, 6.45) is 0. The summed E-state index contributed by atoms with van der Waals surface area (Å²) in [7, 11) is 0. The molecule has 1 heterocycles. The molecular weight excluding hydrogens is 282 g/mol. The maximum atomic E-state index is 12.2. The largest absolute Gasteiger partial charge is 0.347 e. The summed E-state index contributed by atoms with van der Waals surface area (Å²) >= 11 is 0. The number of rotatable bonds is 5. The molecule has 0 aliphatic rings. The summed E-state index contributed by atoms with van der Waals surface area (Å²) in [5.74, 6) is -0.135. The minimum absolute atomic E-state index is 0.153. The van der Waals surface area contributed by atoms with Gasteiger partial charge >= 0.3 is 0 Å². The van der Waals surface area contributed by atoms with E-state index in [1.54, 1.807) is 0 Å². The summed E-state index contributed by atoms with van der Waals surface area (Å²) in [4.78, 5) is 35.0. The van der Waals surface area contributed by atoms with Crippen LogP contribution in [0.3, 0.4) is 0 Å². The molecule has 1 amide bonds. The van der Waals surface area contributed by atoms with Crippen molar-refractivity contribution < 1.29 is 4.79 Å². The molecule has 0 spiro atoms. The van der Waals surface area contributed by atoms with Crippen LogP contribution in [0.25, 0.3) is 0 Å². The molecule has 0 saturated carbocycles. The molecule has 6 nitrogen and oxygen atoms in total. The lowest BCUT2D eigenvalue weighted by Crippen LogP contribution is -2.38. The van der Waals surface area contributed by atoms with Gasteiger partial charge in [-0.15, -0.1) is 0 Å². The van der Waals surface area contributed by atoms with Gasteiger partial charge in [0.1, 0.15) is 6.54 Å². The van der Waals surface area contributed by atoms with Gasteiger partial charge in [-0.3, -0.25) is 19.5 Å². The molecule has 1 atom stereocenters. The van der Waals surface area contributed by atoms with Crippen molar-refractivity contribution in [2.75, 3.05) is 0 Å². The van der Waals surface area contributed by atoms with Crippen LogP contribution in [0, 0.1) is 5.92 Å². The Morgan fingerprint density at radius 2 is 1.82 bits per heavy atom. The van der Waals surface area contributed by atoms with E-state index in [4.69, 9.17) is 0 Å². The maximum absolute atomic E-state index is 12.2. The van der Waals surface area contributed by atoms with E-state index in [1.807, 2.05) is 44.2 Å². The van der Waals surface area contributed by atoms with Gasteiger partial charge in [0.05, 0.1) is 6.04 Å². The highest BCUT2D eigenvalue weighted by atomic mass is 16.2. The Morgan fingerprint density at radius 1 is 1.14 bits per heavy atom. The molecule has 0 saturated heterocycles. The first-order chi connectivity index (χ1) is 10.5. The van der Waals surface area contributed by atoms with E-state index in [1.165, 1.54) is 0 Å². The fourth-order valence-corrected chi connectivity index (χ4v) is 2.24. The Morgan fingerprint density at radius 3 is 2.45 bits per heavy atom. The molecule has 22 heavy (non-hydrogen) atoms. The van der Waals surface area contributed by atoms with Gasteiger partial charge in [-0.25, -0.2) is 4.68 Å². The van der Waals surface area contributed by atoms with Crippen molar-refractivity contribution in [3.05, 3.63) is 68.7 Å². The van der Waals surface area contributed by atoms with E-state index in [2.05, 4.69) is 10.4 Å². The maximum Gasteiger partial charge on any atom is 0.265 e. The summed E-state index contributed by atoms with van der Waals surface area (Å²) in [5.41, 5.74) is 0.158. The summed E-state index contributed by atoms with van der Waals surface area (Å²) < 4.78 is 1.00. The zero-order valence-electron chi connectivity index (χ0n) is 12.6. The molecule has 2 N–H and O–H groups in total. The van der Waals surface area contributed by atoms with Crippen LogP contribution in [0.2, 0.25) is 0 Å². The molecule has 0 aliphatic carbocycles. The lowest BCUT2D eigenvalue weighted by molar-refractivity contribution is -0.123. The summed E-state index contributed by atoms with van der Waals surface area (Å²) in [6.45, 7) is 3.80. The zero-order valence-corrected chi connectivity index (χ0v) is 12.6. The predicted octanol–water partition coefficient (Wildman–Crippen LogP) is 1.05. The average Bonchev–Trinajstić information content (AvgIpc) is 2.49. The molecule has 0 bridgehead atoms. The van der Waals surface area contributed by atoms with Gasteiger partial charge in [0.2, 0.25) is 5.91 Å². The summed E-state index contributed by atoms with van der Waals surface area (Å²) in [5, 5.41) is 5.24. The van der Waals surface area contributed by atoms with Crippen molar-refractivity contribution in [3.63, 3.8) is 0 Å². The second kappa shape index (κ2) is 6.89. The Balaban J connectivity index is 2.14. The number of H-pyrrole nitrogens is 1. The van der Waals surface area contributed by atoms with Crippen LogP contribution in [0.4, 0.5) is 0 Å². The van der Waals surface area contributed by atoms with Gasteiger partial charge in [0.15, 0.2) is 0 Å². The highest BCUT2D eigenvalue weighted by Crippen LogP contribution is 2.21. The Bertz CT molecular complexity index is 747. The highest BCUT2D eigenvalue weighted by Gasteiger charge is 2.18. The molecule has 0 aliphatic heterocycles. The fraction of sp³-hybridized carbons (Fsp3) is 0.312. The van der Waals surface area contributed by atoms with Gasteiger partial charge in [0.25, 0.3) is 11.1 Å². The monoisotopic (exact) mass is 301 g/mol. The van der Waals surface area contributed by atoms with Crippen molar-refractivity contribution in [1.29, 1.82) is 0 Å². The van der Waals surface area contributed by atoms with E-state index in [0.717, 1.165) is 22.4 Å². The molecule has 1 aromatic carbocycles. The average molecular weight is 301 g/mol. The quantitative estimate of drug-likeness (QED) is 0.866. The van der Waals surface area contributed by atoms with Crippen molar-refractivity contribution in [1.82, 2.24) is 15.1 Å². The standard InChI is InChI=1S/C16H19N3O3/c1-11(2)16(12-6-4-3-5-7-12)17-14(21)10-19-15(22)9-8-13(20)18-19/h3-9,11,16H,10H2,1-2H3,(H,17,21)(H,18,20). The molecule has 2 rings (SSSR count). The van der Waals surface area contributed by atoms with Crippen molar-refractivity contribution >= 4 is 5.91 Å². The smallest absolute Gasteiger partial charge is 0.265 e. The van der Waals surface area contributed by atoms with Crippen LogP contribution in [-0.2, 0) is 11.3 Å². The van der Waals surface area contributed by atoms with Crippen LogP contribution in [-0.4, -0.2) is 15.7 Å². The number of nitrogens with one attached hydrogen (secondary N) is 2. The lowest BCUT2D eigenvalue weighted by atomic mass is 9.96. The third-order valence-corrected chi connectivity index (χ3v) is 3.33. The lowest BCUT2D eigenvalue weighted by Gasteiger charge is -2.23. The minimum atomic E-state index is -0.421. The molecular formula is C16H19N3O3. The van der Waals surface area contributed by atoms with Crippen LogP contribution >= 0.6 is 0 Å². The number of carbonyl (C=O) groups is 1. The normalized spacial score (nSPS) is 12.1. The third-order valence-electron chi connectivity index (χ3n) is 3.33. The molecule has 0 fully saturated rings. The third kappa shape index (κ3) is 3.94. The fourth-order valence-electron chi connectivity index (χ4n) is 2.24. The predicted molar refractivity (Wildman–Crippen MR) is 83.5 cm³/mol. The van der Waals surface area contributed by atoms with Crippen LogP contribution < -0.4 is 16.4 Å². The number of carbonyl (C=O) groups excluding carboxylic acids is 1. The number of hydrogen-bond donors (Lipinski definition) is 2. The first-order valence-electron chi connectivity index (χ1n) is 7.12. The second-order valence-electron chi connectivity index (χ2n) is 5.43. The number of nitrogens with zero attached hydrogens (tertiary/aromatic N) is 1. The Kier molecular flexibility index (Phi) is 4.93. The molecule has 1 unspecified atom stereocenters. The van der Waals surface area contributed by atoms with Crippen LogP contribution in [0.5, 0.6) is 0 Å². The number of aromatic amines is 1. The SMILES string of the molecule is CC(C)C(NC(=O)Cn1[nH]c(=O)ccc1=O)c1ccccc1. The van der Waals surface area contributed by atoms with Crippen molar-refractivity contribution in [3.8, 4) is 0 Å². The van der Waals surface area contributed by atoms with E-state index in [0.29, 0.717) is 0 Å². The van der Waals surface area contributed by atoms with Gasteiger partial charge in [-0.05, 0) is 11.5 Å². The van der Waals surface area contributed by atoms with Gasteiger partial charge in [-0.2, -0.15) is 0 Å². The van der Waals surface area contributed by atoms with Crippen molar-refractivity contribution in [2.24, 2.45) is 5.92 Å². The van der Waals surface area contributed by atoms with E-state index in [9.17, 15) is 14.4 Å². The Hall–Kier alpha value is -2.63. The number of benzene rings is 1. The number of amides is 1. The second-order valence-corrected chi connectivity index (χ2v) is 5.43. The van der Waals surface area contributed by atoms with E-state index >= 15 is 0 Å². The molecule has 1 aromatic heterocycles. The molecule has 116 valence electrons. The van der Waals surface area contributed by atoms with Gasteiger partial charge in [0, 0.05) is 12.1 Å². The van der Waals surface area contributed by atoms with E-state index < -0.39 is 11.1 Å².